The highest BCUT2D eigenvalue weighted by Crippen LogP contribution is 2.30. The number of rotatable bonds is 6. The van der Waals surface area contributed by atoms with Crippen molar-refractivity contribution in [1.82, 2.24) is 4.98 Å². The highest BCUT2D eigenvalue weighted by Gasteiger charge is 2.27. The lowest BCUT2D eigenvalue weighted by molar-refractivity contribution is -0.141. The molecular weight excluding hydrogens is 236 g/mol. The number of carboxylic acids is 1. The molecule has 2 unspecified atom stereocenters. The number of nitrogens with zero attached hydrogens (tertiary/aromatic N) is 1. The first-order valence-corrected chi connectivity index (χ1v) is 6.28. The maximum atomic E-state index is 11.2. The number of carbonyl (C=O) groups is 1. The molecule has 3 N–H and O–H groups in total. The molecule has 1 aromatic rings. The van der Waals surface area contributed by atoms with Crippen LogP contribution in [0.25, 0.3) is 0 Å². The lowest BCUT2D eigenvalue weighted by atomic mass is 9.84. The molecule has 0 aliphatic rings. The third-order valence-electron chi connectivity index (χ3n) is 2.84. The number of anilines is 1. The maximum Gasteiger partial charge on any atom is 0.307 e. The third kappa shape index (κ3) is 3.63. The molecule has 1 rings (SSSR count). The molecule has 0 amide bonds. The monoisotopic (exact) mass is 254 g/mol. The SMILES string of the molecule is CCCC(c1ccc(N)nc1)C(CS)C(=O)O. The van der Waals surface area contributed by atoms with Crippen molar-refractivity contribution in [2.75, 3.05) is 11.5 Å². The smallest absolute Gasteiger partial charge is 0.307 e. The van der Waals surface area contributed by atoms with Gasteiger partial charge in [0.15, 0.2) is 0 Å². The number of hydrogen-bond acceptors (Lipinski definition) is 4. The van der Waals surface area contributed by atoms with Gasteiger partial charge in [-0.1, -0.05) is 19.4 Å². The molecule has 1 heterocycles. The van der Waals surface area contributed by atoms with Crippen molar-refractivity contribution >= 4 is 24.4 Å². The first kappa shape index (κ1) is 13.8. The van der Waals surface area contributed by atoms with E-state index in [-0.39, 0.29) is 5.92 Å². The predicted octanol–water partition coefficient (Wildman–Crippen LogP) is 2.18. The summed E-state index contributed by atoms with van der Waals surface area (Å²) in [6.45, 7) is 2.04. The van der Waals surface area contributed by atoms with Crippen LogP contribution >= 0.6 is 12.6 Å². The molecule has 0 bridgehead atoms. The number of carboxylic acid groups (broad SMARTS) is 1. The molecule has 4 nitrogen and oxygen atoms in total. The van der Waals surface area contributed by atoms with Crippen LogP contribution in [0.3, 0.4) is 0 Å². The van der Waals surface area contributed by atoms with Crippen LogP contribution in [0.5, 0.6) is 0 Å². The van der Waals surface area contributed by atoms with Gasteiger partial charge in [0.2, 0.25) is 0 Å². The summed E-state index contributed by atoms with van der Waals surface area (Å²) in [7, 11) is 0. The molecular formula is C12H18N2O2S. The Hall–Kier alpha value is -1.23. The molecule has 0 fully saturated rings. The van der Waals surface area contributed by atoms with Crippen molar-refractivity contribution in [3.05, 3.63) is 23.9 Å². The number of aromatic nitrogens is 1. The van der Waals surface area contributed by atoms with Gasteiger partial charge in [0.25, 0.3) is 0 Å². The van der Waals surface area contributed by atoms with Gasteiger partial charge in [-0.05, 0) is 24.0 Å². The van der Waals surface area contributed by atoms with E-state index >= 15 is 0 Å². The summed E-state index contributed by atoms with van der Waals surface area (Å²) >= 11 is 4.13. The molecule has 0 aromatic carbocycles. The topological polar surface area (TPSA) is 76.2 Å². The van der Waals surface area contributed by atoms with Crippen LogP contribution in [0.1, 0.15) is 31.2 Å². The summed E-state index contributed by atoms with van der Waals surface area (Å²) < 4.78 is 0. The molecule has 0 radical (unpaired) electrons. The van der Waals surface area contributed by atoms with E-state index in [1.165, 1.54) is 0 Å². The Bertz CT molecular complexity index is 367. The van der Waals surface area contributed by atoms with Gasteiger partial charge in [-0.25, -0.2) is 4.98 Å². The van der Waals surface area contributed by atoms with Gasteiger partial charge in [-0.3, -0.25) is 4.79 Å². The summed E-state index contributed by atoms with van der Waals surface area (Å²) in [6.07, 6.45) is 3.39. The number of thiol groups is 1. The lowest BCUT2D eigenvalue weighted by Crippen LogP contribution is -2.24. The van der Waals surface area contributed by atoms with Gasteiger partial charge in [-0.15, -0.1) is 0 Å². The van der Waals surface area contributed by atoms with E-state index in [1.54, 1.807) is 12.3 Å². The molecule has 0 saturated heterocycles. The third-order valence-corrected chi connectivity index (χ3v) is 3.23. The Labute approximate surface area is 107 Å². The Kier molecular flexibility index (Phi) is 5.28. The second-order valence-corrected chi connectivity index (χ2v) is 4.40. The minimum absolute atomic E-state index is 0.0527. The normalized spacial score (nSPS) is 14.2. The molecule has 94 valence electrons. The van der Waals surface area contributed by atoms with Crippen molar-refractivity contribution in [1.29, 1.82) is 0 Å². The van der Waals surface area contributed by atoms with Crippen molar-refractivity contribution < 1.29 is 9.90 Å². The first-order chi connectivity index (χ1) is 8.10. The van der Waals surface area contributed by atoms with E-state index < -0.39 is 11.9 Å². The summed E-state index contributed by atoms with van der Waals surface area (Å²) in [4.78, 5) is 15.2. The van der Waals surface area contributed by atoms with Crippen LogP contribution < -0.4 is 5.73 Å². The summed E-state index contributed by atoms with van der Waals surface area (Å²) in [5.74, 6) is -0.575. The molecule has 1 aromatic heterocycles. The lowest BCUT2D eigenvalue weighted by Gasteiger charge is -2.22. The van der Waals surface area contributed by atoms with Crippen molar-refractivity contribution in [2.45, 2.75) is 25.7 Å². The fourth-order valence-electron chi connectivity index (χ4n) is 1.92. The highest BCUT2D eigenvalue weighted by atomic mass is 32.1. The van der Waals surface area contributed by atoms with Crippen molar-refractivity contribution in [3.8, 4) is 0 Å². The van der Waals surface area contributed by atoms with Gasteiger partial charge in [0, 0.05) is 11.9 Å². The van der Waals surface area contributed by atoms with E-state index in [0.29, 0.717) is 11.6 Å². The quantitative estimate of drug-likeness (QED) is 0.680. The van der Waals surface area contributed by atoms with Crippen molar-refractivity contribution in [3.63, 3.8) is 0 Å². The summed E-state index contributed by atoms with van der Waals surface area (Å²) in [6, 6.07) is 3.55. The number of nitrogens with two attached hydrogens (primary N) is 1. The van der Waals surface area contributed by atoms with Gasteiger partial charge in [-0.2, -0.15) is 12.6 Å². The van der Waals surface area contributed by atoms with Gasteiger partial charge in [0.1, 0.15) is 5.82 Å². The maximum absolute atomic E-state index is 11.2. The average Bonchev–Trinajstić information content (AvgIpc) is 2.29. The average molecular weight is 254 g/mol. The number of hydrogen-bond donors (Lipinski definition) is 3. The van der Waals surface area contributed by atoms with Crippen LogP contribution in [-0.4, -0.2) is 21.8 Å². The highest BCUT2D eigenvalue weighted by molar-refractivity contribution is 7.80. The van der Waals surface area contributed by atoms with Gasteiger partial charge < -0.3 is 10.8 Å². The van der Waals surface area contributed by atoms with Gasteiger partial charge in [0.05, 0.1) is 5.92 Å². The minimum atomic E-state index is -0.810. The zero-order valence-electron chi connectivity index (χ0n) is 9.84. The zero-order chi connectivity index (χ0) is 12.8. The molecule has 5 heteroatoms. The fourth-order valence-corrected chi connectivity index (χ4v) is 2.34. The standard InChI is InChI=1S/C12H18N2O2S/c1-2-3-9(10(7-17)12(15)16)8-4-5-11(13)14-6-8/h4-6,9-10,17H,2-3,7H2,1H3,(H2,13,14)(H,15,16). The van der Waals surface area contributed by atoms with E-state index in [1.807, 2.05) is 13.0 Å². The Morgan fingerprint density at radius 3 is 2.71 bits per heavy atom. The molecule has 0 aliphatic heterocycles. The first-order valence-electron chi connectivity index (χ1n) is 5.65. The Morgan fingerprint density at radius 1 is 1.59 bits per heavy atom. The van der Waals surface area contributed by atoms with Crippen LogP contribution in [0.15, 0.2) is 18.3 Å². The second-order valence-electron chi connectivity index (χ2n) is 4.04. The van der Waals surface area contributed by atoms with E-state index in [9.17, 15) is 9.90 Å². The largest absolute Gasteiger partial charge is 0.481 e. The second kappa shape index (κ2) is 6.49. The molecule has 0 saturated carbocycles. The molecule has 2 atom stereocenters. The number of aliphatic carboxylic acids is 1. The number of nitrogen functional groups attached to an aromatic ring is 1. The zero-order valence-corrected chi connectivity index (χ0v) is 10.7. The summed E-state index contributed by atoms with van der Waals surface area (Å²) in [5.41, 5.74) is 6.45. The summed E-state index contributed by atoms with van der Waals surface area (Å²) in [5, 5.41) is 9.19. The Morgan fingerprint density at radius 2 is 2.29 bits per heavy atom. The predicted molar refractivity (Wildman–Crippen MR) is 71.3 cm³/mol. The van der Waals surface area contributed by atoms with Gasteiger partial charge >= 0.3 is 5.97 Å². The van der Waals surface area contributed by atoms with E-state index in [4.69, 9.17) is 5.73 Å². The molecule has 17 heavy (non-hydrogen) atoms. The van der Waals surface area contributed by atoms with E-state index in [0.717, 1.165) is 18.4 Å². The Balaban J connectivity index is 2.98. The fraction of sp³-hybridized carbons (Fsp3) is 0.500. The number of pyridine rings is 1. The van der Waals surface area contributed by atoms with Crippen LogP contribution in [0, 0.1) is 5.92 Å². The van der Waals surface area contributed by atoms with Crippen LogP contribution in [-0.2, 0) is 4.79 Å². The molecule has 0 spiro atoms. The molecule has 0 aliphatic carbocycles. The van der Waals surface area contributed by atoms with Crippen LogP contribution in [0.2, 0.25) is 0 Å². The van der Waals surface area contributed by atoms with Crippen molar-refractivity contribution in [2.24, 2.45) is 5.92 Å². The minimum Gasteiger partial charge on any atom is -0.481 e. The van der Waals surface area contributed by atoms with E-state index in [2.05, 4.69) is 17.6 Å². The van der Waals surface area contributed by atoms with Crippen LogP contribution in [0.4, 0.5) is 5.82 Å².